The molecule has 0 atom stereocenters. The van der Waals surface area contributed by atoms with Gasteiger partial charge in [-0.3, -0.25) is 0 Å². The summed E-state index contributed by atoms with van der Waals surface area (Å²) in [4.78, 5) is 0.516. The third-order valence-corrected chi connectivity index (χ3v) is 2.77. The third-order valence-electron chi connectivity index (χ3n) is 2.15. The van der Waals surface area contributed by atoms with Gasteiger partial charge in [0, 0.05) is 34.1 Å². The zero-order valence-electron chi connectivity index (χ0n) is 15.0. The van der Waals surface area contributed by atoms with E-state index in [2.05, 4.69) is 65.2 Å². The van der Waals surface area contributed by atoms with Gasteiger partial charge in [0.15, 0.2) is 23.3 Å². The molecule has 0 aromatic heterocycles. The van der Waals surface area contributed by atoms with Crippen molar-refractivity contribution in [3.8, 4) is 0 Å². The molecule has 0 aliphatic heterocycles. The molecule has 0 aliphatic rings. The van der Waals surface area contributed by atoms with Crippen LogP contribution in [0.15, 0.2) is 0 Å². The van der Waals surface area contributed by atoms with E-state index in [9.17, 15) is 30.7 Å². The van der Waals surface area contributed by atoms with Gasteiger partial charge in [-0.05, 0) is 0 Å². The van der Waals surface area contributed by atoms with Crippen molar-refractivity contribution >= 4 is 30.9 Å². The summed E-state index contributed by atoms with van der Waals surface area (Å²) in [5, 5.41) is 0. The second-order valence-corrected chi connectivity index (χ2v) is 3.79. The Morgan fingerprint density at radius 2 is 0.788 bits per heavy atom. The molecule has 0 N–H and O–H groups in total. The molecule has 0 heterocycles. The van der Waals surface area contributed by atoms with Crippen molar-refractivity contribution in [1.29, 1.82) is 0 Å². The molecule has 0 unspecified atom stereocenters. The molecule has 1 aromatic rings. The van der Waals surface area contributed by atoms with Crippen LogP contribution in [0.4, 0.5) is 36.4 Å². The van der Waals surface area contributed by atoms with Crippen LogP contribution in [-0.2, 0) is 93.5 Å². The van der Waals surface area contributed by atoms with Gasteiger partial charge >= 0.3 is 74.0 Å². The monoisotopic (exact) mass is 603 g/mol. The van der Waals surface area contributed by atoms with Crippen LogP contribution in [0.5, 0.6) is 0 Å². The number of hydrogen-bond acceptors (Lipinski definition) is 3. The summed E-state index contributed by atoms with van der Waals surface area (Å²) in [6.45, 7) is 27.0. The summed E-state index contributed by atoms with van der Waals surface area (Å²) in [6.07, 6.45) is -5.57. The zero-order valence-corrected chi connectivity index (χ0v) is 18.8. The van der Waals surface area contributed by atoms with Gasteiger partial charge in [0.25, 0.3) is 0 Å². The molecule has 18 heteroatoms. The van der Waals surface area contributed by atoms with Crippen LogP contribution in [0.3, 0.4) is 0 Å². The van der Waals surface area contributed by atoms with E-state index in [1.807, 2.05) is 0 Å². The smallest absolute Gasteiger partial charge is 0 e. The molecule has 0 spiro atoms. The molecule has 0 saturated heterocycles. The van der Waals surface area contributed by atoms with E-state index in [1.165, 1.54) is 0 Å². The Labute approximate surface area is 214 Å². The number of hydrogen-bond donors (Lipinski definition) is 0. The molecule has 0 fully saturated rings. The molecule has 0 radical (unpaired) electrons. The Morgan fingerprint density at radius 1 is 0.576 bits per heavy atom. The number of nitrogens with zero attached hydrogens (tertiary/aromatic N) is 1. The SMILES string of the molecule is Fc1c(F)c(C(F)(F)F)c(F)c(F)c1N(C[S-])C[S-].[C-]#[O+].[C-]#[O+].[C-]#[O+].[C-]#[O+].[C-]#[O+].[C-]#[O+].[Fe].[Fe]. The van der Waals surface area contributed by atoms with Crippen LogP contribution in [0.25, 0.3) is 0 Å². The average molecular weight is 603 g/mol. The first-order chi connectivity index (χ1) is 14.7. The summed E-state index contributed by atoms with van der Waals surface area (Å²) in [6, 6.07) is 0. The number of benzene rings is 1. The molecule has 0 amide bonds. The molecular formula is C15H4F7Fe2NO6S2-2. The molecule has 0 bridgehead atoms. The van der Waals surface area contributed by atoms with E-state index in [-0.39, 0.29) is 34.1 Å². The molecule has 1 aromatic carbocycles. The fraction of sp³-hybridized carbons (Fsp3) is 0.200. The minimum absolute atomic E-state index is 0. The average Bonchev–Trinajstić information content (AvgIpc) is 2.82. The second kappa shape index (κ2) is 35.3. The van der Waals surface area contributed by atoms with Crippen molar-refractivity contribution in [3.63, 3.8) is 0 Å². The van der Waals surface area contributed by atoms with Crippen LogP contribution in [0.1, 0.15) is 5.56 Å². The van der Waals surface area contributed by atoms with Gasteiger partial charge in [0.05, 0.1) is 0 Å². The maximum Gasteiger partial charge on any atom is 0 e. The van der Waals surface area contributed by atoms with Crippen LogP contribution in [-0.4, -0.2) is 11.8 Å². The van der Waals surface area contributed by atoms with Gasteiger partial charge in [0.1, 0.15) is 11.3 Å². The molecule has 33 heavy (non-hydrogen) atoms. The van der Waals surface area contributed by atoms with Gasteiger partial charge < -0.3 is 30.2 Å². The molecular weight excluding hydrogens is 599 g/mol. The summed E-state index contributed by atoms with van der Waals surface area (Å²) < 4.78 is 135. The maximum absolute atomic E-state index is 13.4. The first-order valence-corrected chi connectivity index (χ1v) is 6.89. The van der Waals surface area contributed by atoms with E-state index in [4.69, 9.17) is 27.9 Å². The predicted molar refractivity (Wildman–Crippen MR) is 81.8 cm³/mol. The quantitative estimate of drug-likeness (QED) is 0.132. The minimum atomic E-state index is -5.57. The van der Waals surface area contributed by atoms with Gasteiger partial charge in [-0.2, -0.15) is 13.2 Å². The fourth-order valence-electron chi connectivity index (χ4n) is 1.31. The predicted octanol–water partition coefficient (Wildman–Crippen LogP) is 2.85. The molecule has 0 aliphatic carbocycles. The Hall–Kier alpha value is -1.29. The first kappa shape index (κ1) is 53.2. The van der Waals surface area contributed by atoms with Gasteiger partial charge in [-0.1, -0.05) is 0 Å². The van der Waals surface area contributed by atoms with Crippen molar-refractivity contribution in [2.45, 2.75) is 6.18 Å². The van der Waals surface area contributed by atoms with Gasteiger partial charge in [-0.25, -0.2) is 17.6 Å². The van der Waals surface area contributed by atoms with E-state index < -0.39 is 52.4 Å². The Bertz CT molecular complexity index is 677. The normalized spacial score (nSPS) is 7.18. The van der Waals surface area contributed by atoms with Gasteiger partial charge in [-0.15, -0.1) is 11.8 Å². The Morgan fingerprint density at radius 3 is 0.939 bits per heavy atom. The summed E-state index contributed by atoms with van der Waals surface area (Å²) >= 11 is 8.85. The van der Waals surface area contributed by atoms with Crippen LogP contribution >= 0.6 is 0 Å². The Balaban J connectivity index is -0.0000000646. The zero-order chi connectivity index (χ0) is 27.0. The van der Waals surface area contributed by atoms with E-state index in [1.54, 1.807) is 0 Å². The number of alkyl halides is 3. The van der Waals surface area contributed by atoms with Crippen LogP contribution in [0, 0.1) is 63.2 Å². The largest absolute Gasteiger partial charge is 0 e. The number of rotatable bonds is 3. The van der Waals surface area contributed by atoms with Crippen molar-refractivity contribution in [2.24, 2.45) is 0 Å². The van der Waals surface area contributed by atoms with Crippen molar-refractivity contribution < 1.29 is 92.8 Å². The molecule has 1 rings (SSSR count). The van der Waals surface area contributed by atoms with Crippen LogP contribution < -0.4 is 4.90 Å². The van der Waals surface area contributed by atoms with Gasteiger partial charge in [0.2, 0.25) is 0 Å². The summed E-state index contributed by atoms with van der Waals surface area (Å²) in [7, 11) is 0. The standard InChI is InChI=1S/C9H6F7NS2.6CO.2Fe/c10-4-3(9(14,15)16)5(11)7(13)8(6(4)12)17(1-18)2-19;6*1-2;;/h18-19H,1-2H2;;;;;;;;/p-2. The third kappa shape index (κ3) is 18.8. The van der Waals surface area contributed by atoms with E-state index in [0.29, 0.717) is 4.90 Å². The maximum atomic E-state index is 13.4. The van der Waals surface area contributed by atoms with Crippen molar-refractivity contribution in [1.82, 2.24) is 0 Å². The molecule has 7 nitrogen and oxygen atoms in total. The van der Waals surface area contributed by atoms with E-state index in [0.717, 1.165) is 0 Å². The van der Waals surface area contributed by atoms with Crippen LogP contribution in [0.2, 0.25) is 0 Å². The van der Waals surface area contributed by atoms with Crippen molar-refractivity contribution in [3.05, 3.63) is 68.7 Å². The second-order valence-electron chi connectivity index (χ2n) is 3.28. The molecule has 0 saturated carbocycles. The Kier molecular flexibility index (Phi) is 56.9. The topological polar surface area (TPSA) is 123 Å². The summed E-state index contributed by atoms with van der Waals surface area (Å²) in [5.74, 6) is -10.5. The first-order valence-electron chi connectivity index (χ1n) is 5.73. The number of halogens is 7. The summed E-state index contributed by atoms with van der Waals surface area (Å²) in [5.41, 5.74) is -3.96. The van der Waals surface area contributed by atoms with Crippen molar-refractivity contribution in [2.75, 3.05) is 16.7 Å². The number of anilines is 1. The van der Waals surface area contributed by atoms with E-state index >= 15 is 0 Å². The molecule has 184 valence electrons. The minimum Gasteiger partial charge on any atom is 0 e. The fourth-order valence-corrected chi connectivity index (χ4v) is 1.87.